The summed E-state index contributed by atoms with van der Waals surface area (Å²) in [5.41, 5.74) is 1.48. The van der Waals surface area contributed by atoms with Crippen LogP contribution in [0.4, 0.5) is 5.82 Å². The molecule has 0 atom stereocenters. The molecule has 25 heavy (non-hydrogen) atoms. The number of aromatic nitrogens is 2. The van der Waals surface area contributed by atoms with Gasteiger partial charge in [0.25, 0.3) is 5.91 Å². The van der Waals surface area contributed by atoms with Crippen molar-refractivity contribution in [3.8, 4) is 0 Å². The molecule has 0 unspecified atom stereocenters. The molecule has 3 heterocycles. The van der Waals surface area contributed by atoms with Gasteiger partial charge in [-0.15, -0.1) is 0 Å². The third kappa shape index (κ3) is 4.47. The lowest BCUT2D eigenvalue weighted by Gasteiger charge is -1.94. The molecule has 0 bridgehead atoms. The molecule has 0 aliphatic carbocycles. The molecular weight excluding hydrogens is 320 g/mol. The Balaban J connectivity index is 1.98. The summed E-state index contributed by atoms with van der Waals surface area (Å²) in [6.07, 6.45) is 15.7. The summed E-state index contributed by atoms with van der Waals surface area (Å²) in [5.74, 6) is 0.152. The fourth-order valence-electron chi connectivity index (χ4n) is 2.05. The molecular formula is C17H14N6O2. The number of amides is 1. The second kappa shape index (κ2) is 8.34. The van der Waals surface area contributed by atoms with E-state index < -0.39 is 0 Å². The number of hydrogen-bond donors (Lipinski definition) is 0. The summed E-state index contributed by atoms with van der Waals surface area (Å²) in [6, 6.07) is 0. The minimum atomic E-state index is -0.385. The van der Waals surface area contributed by atoms with Crippen molar-refractivity contribution in [3.05, 3.63) is 53.8 Å². The van der Waals surface area contributed by atoms with Gasteiger partial charge in [-0.05, 0) is 18.2 Å². The van der Waals surface area contributed by atoms with E-state index in [0.29, 0.717) is 17.9 Å². The molecule has 0 N–H and O–H groups in total. The van der Waals surface area contributed by atoms with Crippen LogP contribution in [0.3, 0.4) is 0 Å². The largest absolute Gasteiger partial charge is 0.491 e. The monoisotopic (exact) mass is 334 g/mol. The van der Waals surface area contributed by atoms with Crippen molar-refractivity contribution in [3.63, 3.8) is 0 Å². The van der Waals surface area contributed by atoms with E-state index in [2.05, 4.69) is 29.9 Å². The molecule has 0 spiro atoms. The third-order valence-corrected chi connectivity index (χ3v) is 3.12. The first-order chi connectivity index (χ1) is 12.3. The Morgan fingerprint density at radius 3 is 2.88 bits per heavy atom. The molecule has 0 saturated heterocycles. The van der Waals surface area contributed by atoms with Crippen LogP contribution in [-0.4, -0.2) is 47.7 Å². The number of carbonyl (C=O) groups is 1. The molecule has 8 heteroatoms. The van der Waals surface area contributed by atoms with Gasteiger partial charge in [-0.3, -0.25) is 14.8 Å². The maximum Gasteiger partial charge on any atom is 0.283 e. The molecule has 2 aliphatic heterocycles. The highest BCUT2D eigenvalue weighted by Gasteiger charge is 2.09. The van der Waals surface area contributed by atoms with Crippen LogP contribution in [0, 0.1) is 0 Å². The third-order valence-electron chi connectivity index (χ3n) is 3.12. The van der Waals surface area contributed by atoms with Crippen molar-refractivity contribution < 1.29 is 9.53 Å². The minimum absolute atomic E-state index is 0.126. The van der Waals surface area contributed by atoms with Gasteiger partial charge in [-0.2, -0.15) is 0 Å². The lowest BCUT2D eigenvalue weighted by atomic mass is 10.2. The van der Waals surface area contributed by atoms with Crippen molar-refractivity contribution in [2.45, 2.75) is 0 Å². The Kier molecular flexibility index (Phi) is 5.44. The highest BCUT2D eigenvalue weighted by atomic mass is 16.5. The first kappa shape index (κ1) is 16.3. The van der Waals surface area contributed by atoms with Crippen molar-refractivity contribution in [1.82, 2.24) is 9.97 Å². The second-order valence-electron chi connectivity index (χ2n) is 4.83. The van der Waals surface area contributed by atoms with E-state index in [1.165, 1.54) is 25.0 Å². The zero-order valence-electron chi connectivity index (χ0n) is 13.2. The standard InChI is InChI=1S/C17H14N6O2/c24-14-11-25-8-3-1-2-6-20-16-15-13(9-18-5-4-7-19-14)10-21-17(15)23-12-22-16/h1-9,12H,10-11H2/b2-1+,5-4+,8-3+,18-9+,19-7+,20-6+. The summed E-state index contributed by atoms with van der Waals surface area (Å²) >= 11 is 0. The van der Waals surface area contributed by atoms with E-state index in [1.54, 1.807) is 36.7 Å². The van der Waals surface area contributed by atoms with E-state index in [1.807, 2.05) is 0 Å². The zero-order chi connectivity index (χ0) is 17.3. The Labute approximate surface area is 143 Å². The fourth-order valence-corrected chi connectivity index (χ4v) is 2.05. The summed E-state index contributed by atoms with van der Waals surface area (Å²) in [6.45, 7) is 0.342. The normalized spacial score (nSPS) is 24.6. The summed E-state index contributed by atoms with van der Waals surface area (Å²) in [5, 5.41) is 0.771. The maximum absolute atomic E-state index is 11.4. The average molecular weight is 334 g/mol. The van der Waals surface area contributed by atoms with Gasteiger partial charge in [-0.1, -0.05) is 6.08 Å². The molecule has 1 amide bonds. The summed E-state index contributed by atoms with van der Waals surface area (Å²) in [7, 11) is 0. The van der Waals surface area contributed by atoms with Gasteiger partial charge in [-0.25, -0.2) is 20.0 Å². The van der Waals surface area contributed by atoms with Crippen molar-refractivity contribution >= 4 is 35.9 Å². The Bertz CT molecular complexity index is 954. The van der Waals surface area contributed by atoms with Gasteiger partial charge in [0.15, 0.2) is 17.9 Å². The van der Waals surface area contributed by atoms with Crippen LogP contribution in [0.1, 0.15) is 0 Å². The Hall–Kier alpha value is -3.55. The van der Waals surface area contributed by atoms with E-state index in [-0.39, 0.29) is 12.5 Å². The fraction of sp³-hybridized carbons (Fsp3) is 0.118. The minimum Gasteiger partial charge on any atom is -0.491 e. The molecule has 1 aromatic rings. The molecule has 0 aromatic carbocycles. The summed E-state index contributed by atoms with van der Waals surface area (Å²) in [4.78, 5) is 36.4. The number of rotatable bonds is 0. The van der Waals surface area contributed by atoms with Crippen LogP contribution in [0.25, 0.3) is 5.57 Å². The molecule has 124 valence electrons. The molecule has 0 radical (unpaired) electrons. The average Bonchev–Trinajstić information content (AvgIpc) is 3.03. The molecule has 3 rings (SSSR count). The first-order valence-corrected chi connectivity index (χ1v) is 7.46. The highest BCUT2D eigenvalue weighted by molar-refractivity contribution is 6.04. The molecule has 0 fully saturated rings. The van der Waals surface area contributed by atoms with Gasteiger partial charge < -0.3 is 4.74 Å². The van der Waals surface area contributed by atoms with Crippen molar-refractivity contribution in [2.75, 3.05) is 13.2 Å². The second-order valence-corrected chi connectivity index (χ2v) is 4.83. The Morgan fingerprint density at radius 1 is 1.00 bits per heavy atom. The number of carbonyl (C=O) groups excluding carboxylic acids is 1. The lowest BCUT2D eigenvalue weighted by molar-refractivity contribution is -0.120. The maximum atomic E-state index is 11.4. The predicted molar refractivity (Wildman–Crippen MR) is 94.6 cm³/mol. The van der Waals surface area contributed by atoms with Gasteiger partial charge >= 0.3 is 0 Å². The molecule has 8 nitrogen and oxygen atoms in total. The molecule has 2 aliphatic rings. The molecule has 1 aromatic heterocycles. The lowest BCUT2D eigenvalue weighted by Crippen LogP contribution is -2.28. The van der Waals surface area contributed by atoms with E-state index in [4.69, 9.17) is 4.74 Å². The topological polar surface area (TPSA) is 102 Å². The number of allylic oxidation sites excluding steroid dienone is 4. The smallest absolute Gasteiger partial charge is 0.283 e. The quantitative estimate of drug-likeness (QED) is 0.678. The van der Waals surface area contributed by atoms with Gasteiger partial charge in [0.1, 0.15) is 6.33 Å². The van der Waals surface area contributed by atoms with Crippen LogP contribution < -0.4 is 10.7 Å². The van der Waals surface area contributed by atoms with Crippen molar-refractivity contribution in [1.29, 1.82) is 0 Å². The van der Waals surface area contributed by atoms with Crippen LogP contribution in [0.15, 0.2) is 63.1 Å². The predicted octanol–water partition coefficient (Wildman–Crippen LogP) is 0.245. The number of aliphatic imine (C=N–C) groups is 3. The van der Waals surface area contributed by atoms with Gasteiger partial charge in [0.2, 0.25) is 0 Å². The number of nitrogens with zero attached hydrogens (tertiary/aromatic N) is 6. The summed E-state index contributed by atoms with van der Waals surface area (Å²) < 4.78 is 5.06. The van der Waals surface area contributed by atoms with Gasteiger partial charge in [0.05, 0.1) is 18.0 Å². The van der Waals surface area contributed by atoms with E-state index >= 15 is 0 Å². The van der Waals surface area contributed by atoms with E-state index in [0.717, 1.165) is 10.8 Å². The van der Waals surface area contributed by atoms with E-state index in [9.17, 15) is 4.79 Å². The highest BCUT2D eigenvalue weighted by Crippen LogP contribution is 2.02. The van der Waals surface area contributed by atoms with Crippen LogP contribution in [0.5, 0.6) is 0 Å². The van der Waals surface area contributed by atoms with Crippen LogP contribution in [0.2, 0.25) is 0 Å². The number of ether oxygens (including phenoxy) is 1. The van der Waals surface area contributed by atoms with Crippen LogP contribution >= 0.6 is 0 Å². The number of hydrogen-bond acceptors (Lipinski definition) is 7. The first-order valence-electron chi connectivity index (χ1n) is 7.46. The molecule has 0 saturated carbocycles. The zero-order valence-corrected chi connectivity index (χ0v) is 13.2. The van der Waals surface area contributed by atoms with Gasteiger partial charge in [0, 0.05) is 30.4 Å². The van der Waals surface area contributed by atoms with Crippen molar-refractivity contribution in [2.24, 2.45) is 20.0 Å². The Morgan fingerprint density at radius 2 is 1.92 bits per heavy atom. The SMILES string of the molecule is O=C1CO/C=C/C=C/C=N/c2ncnc3c2=C(/C=N/C=C/C=N/1)CN=3. The van der Waals surface area contributed by atoms with Crippen LogP contribution in [-0.2, 0) is 9.53 Å².